The zero-order chi connectivity index (χ0) is 14.2. The summed E-state index contributed by atoms with van der Waals surface area (Å²) in [6.07, 6.45) is 3.90. The second-order valence-corrected chi connectivity index (χ2v) is 6.92. The first-order valence-electron chi connectivity index (χ1n) is 7.40. The fourth-order valence-electron chi connectivity index (χ4n) is 3.71. The molecular formula is C17H28N2. The highest BCUT2D eigenvalue weighted by Gasteiger charge is 2.40. The summed E-state index contributed by atoms with van der Waals surface area (Å²) >= 11 is 0. The van der Waals surface area contributed by atoms with Gasteiger partial charge in [-0.15, -0.1) is 0 Å². The van der Waals surface area contributed by atoms with Crippen LogP contribution in [0.25, 0.3) is 0 Å². The van der Waals surface area contributed by atoms with Crippen molar-refractivity contribution < 1.29 is 0 Å². The van der Waals surface area contributed by atoms with Crippen LogP contribution in [0.2, 0.25) is 0 Å². The number of hydrogen-bond acceptors (Lipinski definition) is 2. The minimum atomic E-state index is 0.275. The number of nitrogens with two attached hydrogens (primary N) is 1. The molecule has 1 aliphatic carbocycles. The monoisotopic (exact) mass is 260 g/mol. The Kier molecular flexibility index (Phi) is 4.03. The van der Waals surface area contributed by atoms with E-state index < -0.39 is 0 Å². The second kappa shape index (κ2) is 5.26. The normalized spacial score (nSPS) is 23.6. The van der Waals surface area contributed by atoms with Gasteiger partial charge in [-0.25, -0.2) is 0 Å². The van der Waals surface area contributed by atoms with Gasteiger partial charge < -0.3 is 0 Å². The largest absolute Gasteiger partial charge is 0.271 e. The molecule has 3 N–H and O–H groups in total. The summed E-state index contributed by atoms with van der Waals surface area (Å²) in [6.45, 7) is 11.3. The Bertz CT molecular complexity index is 463. The maximum absolute atomic E-state index is 5.91. The van der Waals surface area contributed by atoms with Gasteiger partial charge in [0, 0.05) is 6.04 Å². The Morgan fingerprint density at radius 1 is 1.16 bits per heavy atom. The van der Waals surface area contributed by atoms with Crippen LogP contribution in [0.3, 0.4) is 0 Å². The molecule has 0 aromatic heterocycles. The SMILES string of the molecule is Cc1cc(C)c(C(NN)C2CCCC2(C)C)cc1C. The number of nitrogens with one attached hydrogen (secondary N) is 1. The molecule has 0 aliphatic heterocycles. The van der Waals surface area contributed by atoms with Gasteiger partial charge in [-0.05, 0) is 67.2 Å². The molecule has 2 nitrogen and oxygen atoms in total. The maximum atomic E-state index is 5.91. The molecule has 19 heavy (non-hydrogen) atoms. The molecule has 1 aromatic carbocycles. The summed E-state index contributed by atoms with van der Waals surface area (Å²) in [7, 11) is 0. The minimum absolute atomic E-state index is 0.275. The molecule has 0 bridgehead atoms. The Hall–Kier alpha value is -0.860. The molecule has 0 spiro atoms. The smallest absolute Gasteiger partial charge is 0.0495 e. The number of rotatable bonds is 3. The molecule has 0 amide bonds. The summed E-state index contributed by atoms with van der Waals surface area (Å²) < 4.78 is 0. The van der Waals surface area contributed by atoms with Crippen molar-refractivity contribution in [1.29, 1.82) is 0 Å². The third kappa shape index (κ3) is 2.70. The molecule has 2 unspecified atom stereocenters. The molecule has 2 atom stereocenters. The van der Waals surface area contributed by atoms with Crippen molar-refractivity contribution in [3.8, 4) is 0 Å². The van der Waals surface area contributed by atoms with Crippen LogP contribution in [0, 0.1) is 32.1 Å². The van der Waals surface area contributed by atoms with Crippen molar-refractivity contribution in [1.82, 2.24) is 5.43 Å². The lowest BCUT2D eigenvalue weighted by molar-refractivity contribution is 0.198. The number of hydrazine groups is 1. The third-order valence-corrected chi connectivity index (χ3v) is 5.14. The quantitative estimate of drug-likeness (QED) is 0.638. The van der Waals surface area contributed by atoms with E-state index in [-0.39, 0.29) is 6.04 Å². The van der Waals surface area contributed by atoms with Crippen LogP contribution in [0.15, 0.2) is 12.1 Å². The highest BCUT2D eigenvalue weighted by Crippen LogP contribution is 2.49. The summed E-state index contributed by atoms with van der Waals surface area (Å²) in [5.41, 5.74) is 8.94. The molecule has 0 heterocycles. The Labute approximate surface area is 117 Å². The Morgan fingerprint density at radius 3 is 2.32 bits per heavy atom. The predicted molar refractivity (Wildman–Crippen MR) is 81.8 cm³/mol. The molecule has 2 rings (SSSR count). The minimum Gasteiger partial charge on any atom is -0.271 e. The van der Waals surface area contributed by atoms with Crippen molar-refractivity contribution >= 4 is 0 Å². The molecule has 2 heteroatoms. The molecule has 1 fully saturated rings. The van der Waals surface area contributed by atoms with E-state index in [0.29, 0.717) is 11.3 Å². The van der Waals surface area contributed by atoms with Crippen molar-refractivity contribution in [3.63, 3.8) is 0 Å². The van der Waals surface area contributed by atoms with E-state index in [0.717, 1.165) is 0 Å². The van der Waals surface area contributed by atoms with Crippen LogP contribution in [0.1, 0.15) is 61.4 Å². The van der Waals surface area contributed by atoms with Gasteiger partial charge in [0.1, 0.15) is 0 Å². The van der Waals surface area contributed by atoms with E-state index in [4.69, 9.17) is 5.84 Å². The van der Waals surface area contributed by atoms with E-state index in [1.54, 1.807) is 0 Å². The van der Waals surface area contributed by atoms with Crippen LogP contribution in [0.5, 0.6) is 0 Å². The van der Waals surface area contributed by atoms with Gasteiger partial charge in [0.15, 0.2) is 0 Å². The van der Waals surface area contributed by atoms with Gasteiger partial charge in [0.25, 0.3) is 0 Å². The average molecular weight is 260 g/mol. The fraction of sp³-hybridized carbons (Fsp3) is 0.647. The van der Waals surface area contributed by atoms with E-state index in [2.05, 4.69) is 52.2 Å². The van der Waals surface area contributed by atoms with Crippen LogP contribution in [0.4, 0.5) is 0 Å². The van der Waals surface area contributed by atoms with Gasteiger partial charge in [0.2, 0.25) is 0 Å². The fourth-order valence-corrected chi connectivity index (χ4v) is 3.71. The lowest BCUT2D eigenvalue weighted by Gasteiger charge is -2.35. The summed E-state index contributed by atoms with van der Waals surface area (Å²) in [5.74, 6) is 6.54. The number of benzene rings is 1. The second-order valence-electron chi connectivity index (χ2n) is 6.92. The number of hydrogen-bond donors (Lipinski definition) is 2. The standard InChI is InChI=1S/C17H28N2/c1-11-9-13(3)14(10-12(11)2)16(19-18)15-7-6-8-17(15,4)5/h9-10,15-16,19H,6-8,18H2,1-5H3. The highest BCUT2D eigenvalue weighted by molar-refractivity contribution is 5.38. The topological polar surface area (TPSA) is 38.0 Å². The van der Waals surface area contributed by atoms with Gasteiger partial charge in [-0.3, -0.25) is 11.3 Å². The van der Waals surface area contributed by atoms with Crippen LogP contribution in [-0.4, -0.2) is 0 Å². The van der Waals surface area contributed by atoms with E-state index in [1.807, 2.05) is 0 Å². The average Bonchev–Trinajstić information content (AvgIpc) is 2.67. The zero-order valence-electron chi connectivity index (χ0n) is 13.0. The van der Waals surface area contributed by atoms with E-state index >= 15 is 0 Å². The highest BCUT2D eigenvalue weighted by atomic mass is 15.2. The predicted octanol–water partition coefficient (Wildman–Crippen LogP) is 3.94. The summed E-state index contributed by atoms with van der Waals surface area (Å²) in [4.78, 5) is 0. The molecular weight excluding hydrogens is 232 g/mol. The van der Waals surface area contributed by atoms with Crippen molar-refractivity contribution in [2.45, 2.75) is 59.9 Å². The van der Waals surface area contributed by atoms with Crippen LogP contribution >= 0.6 is 0 Å². The van der Waals surface area contributed by atoms with Gasteiger partial charge in [-0.2, -0.15) is 0 Å². The molecule has 106 valence electrons. The Balaban J connectivity index is 2.40. The third-order valence-electron chi connectivity index (χ3n) is 5.14. The summed E-state index contributed by atoms with van der Waals surface area (Å²) in [5, 5.41) is 0. The number of aryl methyl sites for hydroxylation is 3. The van der Waals surface area contributed by atoms with Crippen molar-refractivity contribution in [2.75, 3.05) is 0 Å². The van der Waals surface area contributed by atoms with Crippen LogP contribution < -0.4 is 11.3 Å². The zero-order valence-corrected chi connectivity index (χ0v) is 13.0. The lowest BCUT2D eigenvalue weighted by atomic mass is 9.74. The van der Waals surface area contributed by atoms with E-state index in [1.165, 1.54) is 41.5 Å². The molecule has 0 saturated heterocycles. The Morgan fingerprint density at radius 2 is 1.79 bits per heavy atom. The summed E-state index contributed by atoms with van der Waals surface area (Å²) in [6, 6.07) is 4.89. The molecule has 1 aliphatic rings. The van der Waals surface area contributed by atoms with E-state index in [9.17, 15) is 0 Å². The van der Waals surface area contributed by atoms with Crippen molar-refractivity contribution in [2.24, 2.45) is 17.2 Å². The van der Waals surface area contributed by atoms with Crippen molar-refractivity contribution in [3.05, 3.63) is 34.4 Å². The molecule has 1 saturated carbocycles. The van der Waals surface area contributed by atoms with Gasteiger partial charge >= 0.3 is 0 Å². The van der Waals surface area contributed by atoms with Gasteiger partial charge in [-0.1, -0.05) is 32.4 Å². The van der Waals surface area contributed by atoms with Gasteiger partial charge in [0.05, 0.1) is 0 Å². The van der Waals surface area contributed by atoms with Crippen LogP contribution in [-0.2, 0) is 0 Å². The molecule has 1 aromatic rings. The first-order chi connectivity index (χ1) is 8.86. The lowest BCUT2D eigenvalue weighted by Crippen LogP contribution is -2.38. The molecule has 0 radical (unpaired) electrons. The first kappa shape index (κ1) is 14.5. The first-order valence-corrected chi connectivity index (χ1v) is 7.40. The maximum Gasteiger partial charge on any atom is 0.0495 e.